The van der Waals surface area contributed by atoms with Crippen molar-refractivity contribution in [3.63, 3.8) is 0 Å². The summed E-state index contributed by atoms with van der Waals surface area (Å²) >= 11 is 0. The molecule has 90 valence electrons. The summed E-state index contributed by atoms with van der Waals surface area (Å²) in [7, 11) is 1.68. The van der Waals surface area contributed by atoms with Crippen LogP contribution in [-0.4, -0.2) is 34.2 Å². The van der Waals surface area contributed by atoms with E-state index < -0.39 is 0 Å². The van der Waals surface area contributed by atoms with E-state index >= 15 is 0 Å². The first kappa shape index (κ1) is 11.7. The van der Waals surface area contributed by atoms with E-state index in [9.17, 15) is 0 Å². The van der Waals surface area contributed by atoms with Crippen LogP contribution in [0.4, 0.5) is 5.82 Å². The Bertz CT molecular complexity index is 513. The fourth-order valence-corrected chi connectivity index (χ4v) is 1.67. The molecular formula is C12H16N4O. The van der Waals surface area contributed by atoms with Crippen molar-refractivity contribution < 1.29 is 4.74 Å². The van der Waals surface area contributed by atoms with Crippen molar-refractivity contribution in [2.24, 2.45) is 0 Å². The lowest BCUT2D eigenvalue weighted by Gasteiger charge is -2.25. The predicted octanol–water partition coefficient (Wildman–Crippen LogP) is 1.86. The molecule has 5 heteroatoms. The molecule has 5 nitrogen and oxygen atoms in total. The Morgan fingerprint density at radius 1 is 1.24 bits per heavy atom. The van der Waals surface area contributed by atoms with Crippen LogP contribution < -0.4 is 5.32 Å². The van der Waals surface area contributed by atoms with E-state index in [1.54, 1.807) is 19.5 Å². The molecule has 0 aromatic carbocycles. The van der Waals surface area contributed by atoms with E-state index in [4.69, 9.17) is 4.74 Å². The fraction of sp³-hybridized carbons (Fsp3) is 0.417. The topological polar surface area (TPSA) is 59.9 Å². The summed E-state index contributed by atoms with van der Waals surface area (Å²) in [4.78, 5) is 12.8. The van der Waals surface area contributed by atoms with Crippen LogP contribution in [0.3, 0.4) is 0 Å². The second-order valence-electron chi connectivity index (χ2n) is 4.54. The molecular weight excluding hydrogens is 216 g/mol. The van der Waals surface area contributed by atoms with Gasteiger partial charge in [0.15, 0.2) is 5.65 Å². The normalized spacial score (nSPS) is 11.7. The van der Waals surface area contributed by atoms with Crippen LogP contribution in [0.1, 0.15) is 13.8 Å². The molecule has 0 amide bonds. The van der Waals surface area contributed by atoms with Gasteiger partial charge in [0.1, 0.15) is 11.3 Å². The molecule has 2 aromatic heterocycles. The first-order valence-electron chi connectivity index (χ1n) is 5.46. The van der Waals surface area contributed by atoms with Crippen LogP contribution >= 0.6 is 0 Å². The summed E-state index contributed by atoms with van der Waals surface area (Å²) in [5.41, 5.74) is 1.27. The lowest BCUT2D eigenvalue weighted by atomic mass is 10.1. The number of anilines is 1. The van der Waals surface area contributed by atoms with Gasteiger partial charge < -0.3 is 10.1 Å². The van der Waals surface area contributed by atoms with E-state index in [0.717, 1.165) is 11.3 Å². The molecule has 2 rings (SSSR count). The molecule has 1 N–H and O–H groups in total. The molecule has 0 bridgehead atoms. The van der Waals surface area contributed by atoms with Gasteiger partial charge in [-0.25, -0.2) is 9.97 Å². The molecule has 0 spiro atoms. The molecule has 17 heavy (non-hydrogen) atoms. The largest absolute Gasteiger partial charge is 0.382 e. The standard InChI is InChI=1S/C12H16N4O/c1-12(2,8-17-3)16-10-5-4-9-11(15-10)14-7-6-13-9/h4-7H,8H2,1-3H3,(H,14,15,16). The zero-order chi connectivity index (χ0) is 12.3. The van der Waals surface area contributed by atoms with Crippen molar-refractivity contribution >= 4 is 17.0 Å². The molecule has 0 radical (unpaired) electrons. The third kappa shape index (κ3) is 2.88. The number of rotatable bonds is 4. The summed E-state index contributed by atoms with van der Waals surface area (Å²) in [5, 5.41) is 3.31. The molecule has 0 atom stereocenters. The van der Waals surface area contributed by atoms with Gasteiger partial charge in [0, 0.05) is 19.5 Å². The van der Waals surface area contributed by atoms with Crippen LogP contribution in [0.5, 0.6) is 0 Å². The van der Waals surface area contributed by atoms with Gasteiger partial charge in [-0.2, -0.15) is 0 Å². The molecule has 0 aliphatic heterocycles. The highest BCUT2D eigenvalue weighted by molar-refractivity contribution is 5.71. The van der Waals surface area contributed by atoms with Gasteiger partial charge in [0.25, 0.3) is 0 Å². The molecule has 2 heterocycles. The Hall–Kier alpha value is -1.75. The Morgan fingerprint density at radius 2 is 2.00 bits per heavy atom. The van der Waals surface area contributed by atoms with Crippen LogP contribution in [0.2, 0.25) is 0 Å². The van der Waals surface area contributed by atoms with E-state index in [1.807, 2.05) is 12.1 Å². The Labute approximate surface area is 100 Å². The van der Waals surface area contributed by atoms with Gasteiger partial charge in [-0.1, -0.05) is 0 Å². The van der Waals surface area contributed by atoms with Crippen molar-refractivity contribution in [3.8, 4) is 0 Å². The fourth-order valence-electron chi connectivity index (χ4n) is 1.67. The summed E-state index contributed by atoms with van der Waals surface area (Å²) in [6, 6.07) is 3.80. The van der Waals surface area contributed by atoms with Gasteiger partial charge in [-0.3, -0.25) is 4.98 Å². The number of pyridine rings is 1. The molecule has 0 aliphatic rings. The number of nitrogens with zero attached hydrogens (tertiary/aromatic N) is 3. The van der Waals surface area contributed by atoms with Crippen LogP contribution in [-0.2, 0) is 4.74 Å². The predicted molar refractivity (Wildman–Crippen MR) is 66.9 cm³/mol. The summed E-state index contributed by atoms with van der Waals surface area (Å²) in [5.74, 6) is 0.778. The van der Waals surface area contributed by atoms with E-state index in [0.29, 0.717) is 12.3 Å². The highest BCUT2D eigenvalue weighted by Crippen LogP contribution is 2.15. The molecule has 2 aromatic rings. The van der Waals surface area contributed by atoms with Gasteiger partial charge in [0.2, 0.25) is 0 Å². The molecule has 0 unspecified atom stereocenters. The average Bonchev–Trinajstić information content (AvgIpc) is 2.28. The summed E-state index contributed by atoms with van der Waals surface area (Å²) in [6.45, 7) is 4.71. The van der Waals surface area contributed by atoms with Crippen LogP contribution in [0.25, 0.3) is 11.2 Å². The number of hydrogen-bond acceptors (Lipinski definition) is 5. The molecule has 0 saturated carbocycles. The molecule has 0 fully saturated rings. The number of ether oxygens (including phenoxy) is 1. The second-order valence-corrected chi connectivity index (χ2v) is 4.54. The maximum Gasteiger partial charge on any atom is 0.180 e. The maximum atomic E-state index is 5.15. The molecule has 0 saturated heterocycles. The quantitative estimate of drug-likeness (QED) is 0.871. The number of nitrogens with one attached hydrogen (secondary N) is 1. The maximum absolute atomic E-state index is 5.15. The minimum absolute atomic E-state index is 0.169. The van der Waals surface area contributed by atoms with Crippen molar-refractivity contribution in [3.05, 3.63) is 24.5 Å². The summed E-state index contributed by atoms with van der Waals surface area (Å²) in [6.07, 6.45) is 3.30. The lowest BCUT2D eigenvalue weighted by molar-refractivity contribution is 0.158. The Morgan fingerprint density at radius 3 is 2.76 bits per heavy atom. The third-order valence-corrected chi connectivity index (χ3v) is 2.30. The van der Waals surface area contributed by atoms with Crippen molar-refractivity contribution in [2.45, 2.75) is 19.4 Å². The number of methoxy groups -OCH3 is 1. The van der Waals surface area contributed by atoms with Gasteiger partial charge in [-0.05, 0) is 26.0 Å². The zero-order valence-electron chi connectivity index (χ0n) is 10.3. The zero-order valence-corrected chi connectivity index (χ0v) is 10.3. The lowest BCUT2D eigenvalue weighted by Crippen LogP contribution is -2.36. The van der Waals surface area contributed by atoms with Crippen molar-refractivity contribution in [1.82, 2.24) is 15.0 Å². The SMILES string of the molecule is COCC(C)(C)Nc1ccc2nccnc2n1. The first-order chi connectivity index (χ1) is 8.11. The number of fused-ring (bicyclic) bond motifs is 1. The van der Waals surface area contributed by atoms with Crippen molar-refractivity contribution in [2.75, 3.05) is 19.0 Å². The first-order valence-corrected chi connectivity index (χ1v) is 5.46. The monoisotopic (exact) mass is 232 g/mol. The van der Waals surface area contributed by atoms with Gasteiger partial charge >= 0.3 is 0 Å². The van der Waals surface area contributed by atoms with Crippen LogP contribution in [0.15, 0.2) is 24.5 Å². The van der Waals surface area contributed by atoms with E-state index in [2.05, 4.69) is 34.1 Å². The van der Waals surface area contributed by atoms with Gasteiger partial charge in [-0.15, -0.1) is 0 Å². The highest BCUT2D eigenvalue weighted by Gasteiger charge is 2.17. The Kier molecular flexibility index (Phi) is 3.19. The molecule has 0 aliphatic carbocycles. The minimum atomic E-state index is -0.169. The van der Waals surface area contributed by atoms with Crippen molar-refractivity contribution in [1.29, 1.82) is 0 Å². The smallest absolute Gasteiger partial charge is 0.180 e. The highest BCUT2D eigenvalue weighted by atomic mass is 16.5. The van der Waals surface area contributed by atoms with E-state index in [1.165, 1.54) is 0 Å². The second kappa shape index (κ2) is 4.63. The Balaban J connectivity index is 2.25. The number of aromatic nitrogens is 3. The van der Waals surface area contributed by atoms with E-state index in [-0.39, 0.29) is 5.54 Å². The van der Waals surface area contributed by atoms with Crippen LogP contribution in [0, 0.1) is 0 Å². The summed E-state index contributed by atoms with van der Waals surface area (Å²) < 4.78 is 5.15. The third-order valence-electron chi connectivity index (χ3n) is 2.30. The average molecular weight is 232 g/mol. The minimum Gasteiger partial charge on any atom is -0.382 e. The number of hydrogen-bond donors (Lipinski definition) is 1. The van der Waals surface area contributed by atoms with Gasteiger partial charge in [0.05, 0.1) is 12.1 Å².